The van der Waals surface area contributed by atoms with Crippen LogP contribution in [0, 0.1) is 0 Å². The molecule has 0 amide bonds. The Hall–Kier alpha value is 0.190. The lowest BCUT2D eigenvalue weighted by Crippen LogP contribution is -2.06. The van der Waals surface area contributed by atoms with Crippen LogP contribution in [0.15, 0.2) is 0 Å². The van der Waals surface area contributed by atoms with E-state index in [4.69, 9.17) is 0 Å². The molecule has 8 heavy (non-hydrogen) atoms. The molecule has 0 aliphatic carbocycles. The first-order valence-corrected chi connectivity index (χ1v) is 5.20. The Morgan fingerprint density at radius 1 is 1.62 bits per heavy atom. The molecule has 0 spiro atoms. The molecule has 1 rings (SSSR count). The lowest BCUT2D eigenvalue weighted by molar-refractivity contribution is 0.507. The van der Waals surface area contributed by atoms with Crippen molar-refractivity contribution in [3.63, 3.8) is 0 Å². The van der Waals surface area contributed by atoms with Gasteiger partial charge in [-0.25, -0.2) is 0 Å². The van der Waals surface area contributed by atoms with Crippen LogP contribution in [0.4, 0.5) is 0 Å². The summed E-state index contributed by atoms with van der Waals surface area (Å²) in [6.45, 7) is 2.88. The molecule has 2 nitrogen and oxygen atoms in total. The van der Waals surface area contributed by atoms with E-state index in [1.165, 1.54) is 0 Å². The SMILES string of the molecule is CN1CCCP1(C)=O. The average molecular weight is 133 g/mol. The minimum Gasteiger partial charge on any atom is -0.307 e. The van der Waals surface area contributed by atoms with E-state index in [2.05, 4.69) is 0 Å². The van der Waals surface area contributed by atoms with Crippen LogP contribution in [-0.2, 0) is 4.57 Å². The maximum absolute atomic E-state index is 11.3. The van der Waals surface area contributed by atoms with Crippen LogP contribution in [0.25, 0.3) is 0 Å². The smallest absolute Gasteiger partial charge is 0.147 e. The highest BCUT2D eigenvalue weighted by Gasteiger charge is 2.26. The third-order valence-corrected chi connectivity index (χ3v) is 4.57. The van der Waals surface area contributed by atoms with Gasteiger partial charge in [0.2, 0.25) is 0 Å². The molecule has 1 fully saturated rings. The molecule has 0 aromatic heterocycles. The summed E-state index contributed by atoms with van der Waals surface area (Å²) < 4.78 is 13.2. The molecule has 3 heteroatoms. The fourth-order valence-corrected chi connectivity index (χ4v) is 2.61. The zero-order valence-corrected chi connectivity index (χ0v) is 6.32. The summed E-state index contributed by atoms with van der Waals surface area (Å²) in [5.41, 5.74) is 0. The molecule has 1 saturated heterocycles. The lowest BCUT2D eigenvalue weighted by atomic mass is 10.5. The number of hydrogen-bond donors (Lipinski definition) is 0. The van der Waals surface area contributed by atoms with Crippen molar-refractivity contribution in [3.8, 4) is 0 Å². The molecule has 0 bridgehead atoms. The maximum atomic E-state index is 11.3. The van der Waals surface area contributed by atoms with Crippen LogP contribution in [0.5, 0.6) is 0 Å². The second-order valence-electron chi connectivity index (χ2n) is 2.51. The van der Waals surface area contributed by atoms with Crippen molar-refractivity contribution in [2.45, 2.75) is 6.42 Å². The first kappa shape index (κ1) is 6.31. The maximum Gasteiger partial charge on any atom is 0.147 e. The summed E-state index contributed by atoms with van der Waals surface area (Å²) in [6, 6.07) is 0. The Bertz CT molecular complexity index is 134. The van der Waals surface area contributed by atoms with E-state index in [0.717, 1.165) is 19.1 Å². The fourth-order valence-electron chi connectivity index (χ4n) is 0.975. The van der Waals surface area contributed by atoms with Crippen molar-refractivity contribution < 1.29 is 4.57 Å². The highest BCUT2D eigenvalue weighted by Crippen LogP contribution is 2.49. The molecule has 0 saturated carbocycles. The van der Waals surface area contributed by atoms with Crippen molar-refractivity contribution in [2.24, 2.45) is 0 Å². The second-order valence-corrected chi connectivity index (χ2v) is 5.74. The first-order valence-electron chi connectivity index (χ1n) is 2.91. The van der Waals surface area contributed by atoms with E-state index in [0.29, 0.717) is 0 Å². The quantitative estimate of drug-likeness (QED) is 0.463. The van der Waals surface area contributed by atoms with Crippen LogP contribution in [-0.4, -0.2) is 31.1 Å². The van der Waals surface area contributed by atoms with E-state index < -0.39 is 7.29 Å². The van der Waals surface area contributed by atoms with Gasteiger partial charge in [0.05, 0.1) is 0 Å². The largest absolute Gasteiger partial charge is 0.307 e. The summed E-state index contributed by atoms with van der Waals surface area (Å²) in [7, 11) is 0.137. The van der Waals surface area contributed by atoms with Gasteiger partial charge in [-0.15, -0.1) is 0 Å². The standard InChI is InChI=1S/C5H12NOP/c1-6-4-3-5-8(6,2)7/h3-5H2,1-2H3. The molecular weight excluding hydrogens is 121 g/mol. The van der Waals surface area contributed by atoms with Crippen LogP contribution < -0.4 is 0 Å². The Morgan fingerprint density at radius 3 is 2.38 bits per heavy atom. The van der Waals surface area contributed by atoms with Crippen LogP contribution in [0.3, 0.4) is 0 Å². The molecule has 1 heterocycles. The van der Waals surface area contributed by atoms with Crippen LogP contribution in [0.1, 0.15) is 6.42 Å². The first-order chi connectivity index (χ1) is 3.63. The van der Waals surface area contributed by atoms with E-state index in [1.807, 2.05) is 18.4 Å². The van der Waals surface area contributed by atoms with Crippen molar-refractivity contribution >= 4 is 7.29 Å². The molecule has 1 atom stereocenters. The Morgan fingerprint density at radius 2 is 2.25 bits per heavy atom. The third kappa shape index (κ3) is 0.958. The second kappa shape index (κ2) is 1.85. The number of hydrogen-bond acceptors (Lipinski definition) is 1. The predicted molar refractivity (Wildman–Crippen MR) is 35.6 cm³/mol. The fraction of sp³-hybridized carbons (Fsp3) is 1.00. The molecule has 0 aromatic carbocycles. The number of nitrogens with zero attached hydrogens (tertiary/aromatic N) is 1. The molecule has 0 aromatic rings. The summed E-state index contributed by atoms with van der Waals surface area (Å²) in [5, 5.41) is 0. The van der Waals surface area contributed by atoms with E-state index in [-0.39, 0.29) is 0 Å². The van der Waals surface area contributed by atoms with Gasteiger partial charge < -0.3 is 4.57 Å². The van der Waals surface area contributed by atoms with Gasteiger partial charge in [-0.1, -0.05) is 0 Å². The summed E-state index contributed by atoms with van der Waals surface area (Å²) >= 11 is 0. The Balaban J connectivity index is 2.69. The lowest BCUT2D eigenvalue weighted by Gasteiger charge is -2.13. The van der Waals surface area contributed by atoms with E-state index in [9.17, 15) is 4.57 Å². The van der Waals surface area contributed by atoms with E-state index in [1.54, 1.807) is 0 Å². The summed E-state index contributed by atoms with van der Waals surface area (Å²) in [4.78, 5) is 0. The predicted octanol–water partition coefficient (Wildman–Crippen LogP) is 1.23. The third-order valence-electron chi connectivity index (χ3n) is 1.78. The van der Waals surface area contributed by atoms with Gasteiger partial charge in [0.25, 0.3) is 0 Å². The molecule has 48 valence electrons. The van der Waals surface area contributed by atoms with Gasteiger partial charge >= 0.3 is 0 Å². The zero-order valence-electron chi connectivity index (χ0n) is 5.42. The average Bonchev–Trinajstić information content (AvgIpc) is 1.86. The molecule has 0 radical (unpaired) electrons. The van der Waals surface area contributed by atoms with Gasteiger partial charge in [-0.3, -0.25) is 4.67 Å². The normalized spacial score (nSPS) is 40.8. The van der Waals surface area contributed by atoms with Gasteiger partial charge in [0.1, 0.15) is 7.29 Å². The van der Waals surface area contributed by atoms with Crippen molar-refractivity contribution in [1.29, 1.82) is 0 Å². The molecular formula is C5H12NOP. The zero-order chi connectivity index (χ0) is 6.20. The summed E-state index contributed by atoms with van der Waals surface area (Å²) in [5.74, 6) is 0. The highest BCUT2D eigenvalue weighted by molar-refractivity contribution is 7.60. The van der Waals surface area contributed by atoms with Gasteiger partial charge in [0, 0.05) is 19.4 Å². The van der Waals surface area contributed by atoms with Gasteiger partial charge in [-0.05, 0) is 13.5 Å². The number of rotatable bonds is 0. The Labute approximate surface area is 50.3 Å². The van der Waals surface area contributed by atoms with Gasteiger partial charge in [0.15, 0.2) is 0 Å². The Kier molecular flexibility index (Phi) is 1.46. The van der Waals surface area contributed by atoms with Crippen molar-refractivity contribution in [2.75, 3.05) is 26.4 Å². The molecule has 0 N–H and O–H groups in total. The van der Waals surface area contributed by atoms with E-state index >= 15 is 0 Å². The molecule has 1 unspecified atom stereocenters. The molecule has 1 aliphatic heterocycles. The van der Waals surface area contributed by atoms with Crippen LogP contribution >= 0.6 is 7.29 Å². The van der Waals surface area contributed by atoms with Gasteiger partial charge in [-0.2, -0.15) is 0 Å². The molecule has 1 aliphatic rings. The minimum absolute atomic E-state index is 0.920. The summed E-state index contributed by atoms with van der Waals surface area (Å²) in [6.07, 6.45) is 2.04. The highest BCUT2D eigenvalue weighted by atomic mass is 31.2. The van der Waals surface area contributed by atoms with Crippen molar-refractivity contribution in [3.05, 3.63) is 0 Å². The topological polar surface area (TPSA) is 20.3 Å². The van der Waals surface area contributed by atoms with Crippen LogP contribution in [0.2, 0.25) is 0 Å². The minimum atomic E-state index is -1.80. The van der Waals surface area contributed by atoms with Crippen molar-refractivity contribution in [1.82, 2.24) is 4.67 Å². The monoisotopic (exact) mass is 133 g/mol.